The fraction of sp³-hybridized carbons (Fsp3) is 0.176. The van der Waals surface area contributed by atoms with Gasteiger partial charge in [0.05, 0.1) is 0 Å². The summed E-state index contributed by atoms with van der Waals surface area (Å²) in [7, 11) is 0. The van der Waals surface area contributed by atoms with E-state index in [0.717, 1.165) is 11.1 Å². The SMILES string of the molecule is Cc1ccccc1C(=O)Nc1ccc(CCC(=O)O)cc1. The van der Waals surface area contributed by atoms with Gasteiger partial charge in [0.15, 0.2) is 0 Å². The average molecular weight is 283 g/mol. The molecule has 2 rings (SSSR count). The second-order valence-corrected chi connectivity index (χ2v) is 4.86. The van der Waals surface area contributed by atoms with Gasteiger partial charge in [-0.25, -0.2) is 0 Å². The molecule has 2 N–H and O–H groups in total. The molecular formula is C17H17NO3. The normalized spacial score (nSPS) is 10.1. The van der Waals surface area contributed by atoms with Gasteiger partial charge in [-0.05, 0) is 42.7 Å². The molecule has 2 aromatic carbocycles. The van der Waals surface area contributed by atoms with Gasteiger partial charge in [-0.2, -0.15) is 0 Å². The number of carbonyl (C=O) groups excluding carboxylic acids is 1. The summed E-state index contributed by atoms with van der Waals surface area (Å²) in [5.74, 6) is -0.960. The first-order chi connectivity index (χ1) is 10.1. The summed E-state index contributed by atoms with van der Waals surface area (Å²) < 4.78 is 0. The quantitative estimate of drug-likeness (QED) is 0.885. The highest BCUT2D eigenvalue weighted by Gasteiger charge is 2.08. The number of anilines is 1. The predicted molar refractivity (Wildman–Crippen MR) is 81.5 cm³/mol. The predicted octanol–water partition coefficient (Wildman–Crippen LogP) is 3.26. The maximum Gasteiger partial charge on any atom is 0.303 e. The van der Waals surface area contributed by atoms with Crippen molar-refractivity contribution in [3.63, 3.8) is 0 Å². The molecule has 0 atom stereocenters. The van der Waals surface area contributed by atoms with E-state index in [1.807, 2.05) is 37.3 Å². The van der Waals surface area contributed by atoms with Gasteiger partial charge in [0.2, 0.25) is 0 Å². The highest BCUT2D eigenvalue weighted by molar-refractivity contribution is 6.05. The Morgan fingerprint density at radius 1 is 1.05 bits per heavy atom. The molecular weight excluding hydrogens is 266 g/mol. The van der Waals surface area contributed by atoms with Crippen LogP contribution in [0.1, 0.15) is 27.9 Å². The van der Waals surface area contributed by atoms with Crippen molar-refractivity contribution in [1.29, 1.82) is 0 Å². The van der Waals surface area contributed by atoms with E-state index in [1.54, 1.807) is 18.2 Å². The first-order valence-corrected chi connectivity index (χ1v) is 6.74. The first kappa shape index (κ1) is 14.8. The van der Waals surface area contributed by atoms with E-state index in [4.69, 9.17) is 5.11 Å². The molecule has 0 heterocycles. The molecule has 0 unspecified atom stereocenters. The number of nitrogens with one attached hydrogen (secondary N) is 1. The van der Waals surface area contributed by atoms with Gasteiger partial charge in [0, 0.05) is 17.7 Å². The number of benzene rings is 2. The van der Waals surface area contributed by atoms with E-state index in [-0.39, 0.29) is 12.3 Å². The van der Waals surface area contributed by atoms with E-state index in [9.17, 15) is 9.59 Å². The summed E-state index contributed by atoms with van der Waals surface area (Å²) in [6, 6.07) is 14.6. The molecule has 0 radical (unpaired) electrons. The summed E-state index contributed by atoms with van der Waals surface area (Å²) in [4.78, 5) is 22.7. The Kier molecular flexibility index (Phi) is 4.72. The lowest BCUT2D eigenvalue weighted by Gasteiger charge is -2.08. The molecule has 0 bridgehead atoms. The van der Waals surface area contributed by atoms with Crippen molar-refractivity contribution in [2.24, 2.45) is 0 Å². The summed E-state index contributed by atoms with van der Waals surface area (Å²) in [5.41, 5.74) is 3.20. The Morgan fingerprint density at radius 2 is 1.71 bits per heavy atom. The third-order valence-electron chi connectivity index (χ3n) is 3.23. The van der Waals surface area contributed by atoms with Crippen LogP contribution in [0.4, 0.5) is 5.69 Å². The smallest absolute Gasteiger partial charge is 0.303 e. The van der Waals surface area contributed by atoms with E-state index in [1.165, 1.54) is 0 Å². The third kappa shape index (κ3) is 4.18. The highest BCUT2D eigenvalue weighted by atomic mass is 16.4. The fourth-order valence-corrected chi connectivity index (χ4v) is 2.03. The molecule has 108 valence electrons. The van der Waals surface area contributed by atoms with E-state index >= 15 is 0 Å². The number of carbonyl (C=O) groups is 2. The molecule has 4 heteroatoms. The lowest BCUT2D eigenvalue weighted by atomic mass is 10.1. The van der Waals surface area contributed by atoms with Crippen LogP contribution in [0, 0.1) is 6.92 Å². The van der Waals surface area contributed by atoms with Crippen LogP contribution in [0.3, 0.4) is 0 Å². The maximum atomic E-state index is 12.1. The summed E-state index contributed by atoms with van der Waals surface area (Å²) >= 11 is 0. The number of amides is 1. The second kappa shape index (κ2) is 6.70. The lowest BCUT2D eigenvalue weighted by Crippen LogP contribution is -2.13. The van der Waals surface area contributed by atoms with Gasteiger partial charge in [0.1, 0.15) is 0 Å². The van der Waals surface area contributed by atoms with Crippen LogP contribution in [0.25, 0.3) is 0 Å². The van der Waals surface area contributed by atoms with Crippen LogP contribution in [0.15, 0.2) is 48.5 Å². The minimum Gasteiger partial charge on any atom is -0.481 e. The standard InChI is InChI=1S/C17H17NO3/c1-12-4-2-3-5-15(12)17(21)18-14-9-6-13(7-10-14)8-11-16(19)20/h2-7,9-10H,8,11H2,1H3,(H,18,21)(H,19,20). The Balaban J connectivity index is 2.02. The van der Waals surface area contributed by atoms with Crippen LogP contribution >= 0.6 is 0 Å². The molecule has 1 amide bonds. The Hall–Kier alpha value is -2.62. The van der Waals surface area contributed by atoms with Gasteiger partial charge < -0.3 is 10.4 Å². The lowest BCUT2D eigenvalue weighted by molar-refractivity contribution is -0.136. The zero-order chi connectivity index (χ0) is 15.2. The maximum absolute atomic E-state index is 12.1. The van der Waals surface area contributed by atoms with Crippen molar-refractivity contribution in [3.8, 4) is 0 Å². The minimum absolute atomic E-state index is 0.106. The Bertz CT molecular complexity index is 647. The van der Waals surface area contributed by atoms with Gasteiger partial charge in [0.25, 0.3) is 5.91 Å². The topological polar surface area (TPSA) is 66.4 Å². The number of aliphatic carboxylic acids is 1. The second-order valence-electron chi connectivity index (χ2n) is 4.86. The monoisotopic (exact) mass is 283 g/mol. The van der Waals surface area contributed by atoms with Gasteiger partial charge in [-0.1, -0.05) is 30.3 Å². The van der Waals surface area contributed by atoms with Crippen LogP contribution in [0.5, 0.6) is 0 Å². The van der Waals surface area contributed by atoms with Crippen LogP contribution in [-0.4, -0.2) is 17.0 Å². The molecule has 0 saturated heterocycles. The fourth-order valence-electron chi connectivity index (χ4n) is 2.03. The van der Waals surface area contributed by atoms with Crippen LogP contribution < -0.4 is 5.32 Å². The van der Waals surface area contributed by atoms with Crippen molar-refractivity contribution < 1.29 is 14.7 Å². The van der Waals surface area contributed by atoms with Crippen LogP contribution in [0.2, 0.25) is 0 Å². The number of rotatable bonds is 5. The van der Waals surface area contributed by atoms with Crippen molar-refractivity contribution in [1.82, 2.24) is 0 Å². The molecule has 0 aromatic heterocycles. The molecule has 0 fully saturated rings. The van der Waals surface area contributed by atoms with E-state index in [0.29, 0.717) is 17.7 Å². The Labute approximate surface area is 123 Å². The zero-order valence-corrected chi connectivity index (χ0v) is 11.8. The van der Waals surface area contributed by atoms with Crippen molar-refractivity contribution in [3.05, 3.63) is 65.2 Å². The van der Waals surface area contributed by atoms with Gasteiger partial charge in [-0.15, -0.1) is 0 Å². The molecule has 0 spiro atoms. The molecule has 0 aliphatic heterocycles. The third-order valence-corrected chi connectivity index (χ3v) is 3.23. The largest absolute Gasteiger partial charge is 0.481 e. The number of hydrogen-bond donors (Lipinski definition) is 2. The molecule has 0 aliphatic carbocycles. The zero-order valence-electron chi connectivity index (χ0n) is 11.8. The molecule has 0 saturated carbocycles. The van der Waals surface area contributed by atoms with Crippen molar-refractivity contribution >= 4 is 17.6 Å². The molecule has 21 heavy (non-hydrogen) atoms. The Morgan fingerprint density at radius 3 is 2.33 bits per heavy atom. The highest BCUT2D eigenvalue weighted by Crippen LogP contribution is 2.14. The molecule has 2 aromatic rings. The number of carboxylic acids is 1. The van der Waals surface area contributed by atoms with Gasteiger partial charge >= 0.3 is 5.97 Å². The minimum atomic E-state index is -0.813. The average Bonchev–Trinajstić information content (AvgIpc) is 2.47. The van der Waals surface area contributed by atoms with Gasteiger partial charge in [-0.3, -0.25) is 9.59 Å². The summed E-state index contributed by atoms with van der Waals surface area (Å²) in [5, 5.41) is 11.5. The van der Waals surface area contributed by atoms with Crippen molar-refractivity contribution in [2.45, 2.75) is 19.8 Å². The number of hydrogen-bond acceptors (Lipinski definition) is 2. The van der Waals surface area contributed by atoms with Crippen molar-refractivity contribution in [2.75, 3.05) is 5.32 Å². The first-order valence-electron chi connectivity index (χ1n) is 6.74. The van der Waals surface area contributed by atoms with Crippen LogP contribution in [-0.2, 0) is 11.2 Å². The summed E-state index contributed by atoms with van der Waals surface area (Å²) in [6.45, 7) is 1.89. The number of carboxylic acid groups (broad SMARTS) is 1. The van der Waals surface area contributed by atoms with E-state index < -0.39 is 5.97 Å². The summed E-state index contributed by atoms with van der Waals surface area (Å²) in [6.07, 6.45) is 0.594. The number of aryl methyl sites for hydroxylation is 2. The molecule has 0 aliphatic rings. The molecule has 4 nitrogen and oxygen atoms in total. The van der Waals surface area contributed by atoms with E-state index in [2.05, 4.69) is 5.32 Å².